The number of para-hydroxylation sites is 2. The summed E-state index contributed by atoms with van der Waals surface area (Å²) < 4.78 is 5.13. The fraction of sp³-hybridized carbons (Fsp3) is 0.222. The molecule has 1 fully saturated rings. The third kappa shape index (κ3) is 4.68. The minimum Gasteiger partial charge on any atom is -0.311 e. The number of allylic oxidation sites excluding steroid dienone is 3. The largest absolute Gasteiger partial charge is 0.311 e. The SMILES string of the molecule is Cc1cc(-n2c3ccccc3c3ccc4c5c(n(-c6ccccc6)c4c32)CCC=C5)ccc1-c1c(-c2cccc3c2CC2C(C)CC=CC32)cccc1C1CC1. The van der Waals surface area contributed by atoms with Crippen molar-refractivity contribution in [3.8, 4) is 33.6 Å². The first-order valence-electron chi connectivity index (χ1n) is 21.0. The Balaban J connectivity index is 1.09. The summed E-state index contributed by atoms with van der Waals surface area (Å²) in [4.78, 5) is 0. The van der Waals surface area contributed by atoms with Gasteiger partial charge in [0.15, 0.2) is 0 Å². The van der Waals surface area contributed by atoms with Crippen LogP contribution in [0.2, 0.25) is 0 Å². The van der Waals surface area contributed by atoms with E-state index < -0.39 is 0 Å². The first-order chi connectivity index (χ1) is 27.6. The van der Waals surface area contributed by atoms with Gasteiger partial charge in [0.1, 0.15) is 0 Å². The first-order valence-corrected chi connectivity index (χ1v) is 21.0. The smallest absolute Gasteiger partial charge is 0.0788 e. The predicted octanol–water partition coefficient (Wildman–Crippen LogP) is 14.1. The van der Waals surface area contributed by atoms with Gasteiger partial charge in [-0.1, -0.05) is 122 Å². The summed E-state index contributed by atoms with van der Waals surface area (Å²) in [6.07, 6.45) is 16.7. The Morgan fingerprint density at radius 3 is 2.27 bits per heavy atom. The molecule has 3 unspecified atom stereocenters. The highest BCUT2D eigenvalue weighted by Gasteiger charge is 2.38. The second-order valence-corrected chi connectivity index (χ2v) is 17.1. The van der Waals surface area contributed by atoms with Gasteiger partial charge in [0.25, 0.3) is 0 Å². The van der Waals surface area contributed by atoms with Crippen molar-refractivity contribution < 1.29 is 0 Å². The van der Waals surface area contributed by atoms with Crippen LogP contribution in [0.3, 0.4) is 0 Å². The van der Waals surface area contributed by atoms with E-state index in [-0.39, 0.29) is 0 Å². The molecule has 0 bridgehead atoms. The van der Waals surface area contributed by atoms with Crippen molar-refractivity contribution in [2.24, 2.45) is 11.8 Å². The minimum atomic E-state index is 0.548. The van der Waals surface area contributed by atoms with E-state index in [9.17, 15) is 0 Å². The van der Waals surface area contributed by atoms with Gasteiger partial charge in [0.2, 0.25) is 0 Å². The number of benzene rings is 6. The topological polar surface area (TPSA) is 9.86 Å². The van der Waals surface area contributed by atoms with Crippen molar-refractivity contribution >= 4 is 38.8 Å². The molecule has 2 heteroatoms. The summed E-state index contributed by atoms with van der Waals surface area (Å²) in [6, 6.07) is 46.4. The quantitative estimate of drug-likeness (QED) is 0.157. The average molecular weight is 723 g/mol. The van der Waals surface area contributed by atoms with Gasteiger partial charge in [0.05, 0.1) is 16.6 Å². The molecule has 6 aromatic carbocycles. The molecule has 2 aromatic heterocycles. The highest BCUT2D eigenvalue weighted by molar-refractivity contribution is 6.19. The van der Waals surface area contributed by atoms with Crippen molar-refractivity contribution in [1.82, 2.24) is 9.13 Å². The van der Waals surface area contributed by atoms with Gasteiger partial charge in [-0.3, -0.25) is 0 Å². The van der Waals surface area contributed by atoms with Crippen molar-refractivity contribution in [3.63, 3.8) is 0 Å². The Labute approximate surface area is 329 Å². The van der Waals surface area contributed by atoms with Gasteiger partial charge in [-0.2, -0.15) is 0 Å². The number of hydrogen-bond donors (Lipinski definition) is 0. The zero-order valence-corrected chi connectivity index (χ0v) is 32.3. The van der Waals surface area contributed by atoms with Crippen molar-refractivity contribution in [1.29, 1.82) is 0 Å². The molecule has 2 nitrogen and oxygen atoms in total. The lowest BCUT2D eigenvalue weighted by Gasteiger charge is -2.27. The lowest BCUT2D eigenvalue weighted by molar-refractivity contribution is 0.336. The molecule has 0 spiro atoms. The summed E-state index contributed by atoms with van der Waals surface area (Å²) >= 11 is 0. The lowest BCUT2D eigenvalue weighted by Crippen LogP contribution is -2.18. The number of hydrogen-bond acceptors (Lipinski definition) is 0. The van der Waals surface area contributed by atoms with Crippen molar-refractivity contribution in [2.75, 3.05) is 0 Å². The third-order valence-corrected chi connectivity index (χ3v) is 13.9. The summed E-state index contributed by atoms with van der Waals surface area (Å²) in [6.45, 7) is 4.81. The van der Waals surface area contributed by atoms with Gasteiger partial charge in [0, 0.05) is 44.7 Å². The maximum atomic E-state index is 2.57. The zero-order chi connectivity index (χ0) is 37.1. The molecule has 272 valence electrons. The maximum Gasteiger partial charge on any atom is 0.0788 e. The van der Waals surface area contributed by atoms with E-state index in [0.29, 0.717) is 17.8 Å². The highest BCUT2D eigenvalue weighted by Crippen LogP contribution is 2.53. The molecule has 8 aromatic rings. The van der Waals surface area contributed by atoms with Gasteiger partial charge in [-0.15, -0.1) is 0 Å². The Bertz CT molecular complexity index is 2960. The molecule has 4 aliphatic carbocycles. The minimum absolute atomic E-state index is 0.548. The normalized spacial score (nSPS) is 19.9. The summed E-state index contributed by atoms with van der Waals surface area (Å²) in [5.41, 5.74) is 20.7. The summed E-state index contributed by atoms with van der Waals surface area (Å²) in [5, 5.41) is 3.92. The second-order valence-electron chi connectivity index (χ2n) is 17.1. The fourth-order valence-electron chi connectivity index (χ4n) is 11.2. The van der Waals surface area contributed by atoms with Crippen molar-refractivity contribution in [2.45, 2.75) is 64.2 Å². The highest BCUT2D eigenvalue weighted by atomic mass is 15.1. The number of fused-ring (bicyclic) bond motifs is 10. The molecule has 0 saturated heterocycles. The second kappa shape index (κ2) is 12.3. The first kappa shape index (κ1) is 32.4. The molecule has 0 amide bonds. The van der Waals surface area contributed by atoms with Crippen LogP contribution in [0.5, 0.6) is 0 Å². The van der Waals surface area contributed by atoms with E-state index in [1.165, 1.54) is 114 Å². The lowest BCUT2D eigenvalue weighted by atomic mass is 9.77. The third-order valence-electron chi connectivity index (χ3n) is 13.9. The summed E-state index contributed by atoms with van der Waals surface area (Å²) in [5.74, 6) is 2.61. The van der Waals surface area contributed by atoms with Crippen LogP contribution < -0.4 is 0 Å². The van der Waals surface area contributed by atoms with Gasteiger partial charge in [-0.25, -0.2) is 0 Å². The van der Waals surface area contributed by atoms with Crippen LogP contribution in [-0.4, -0.2) is 9.13 Å². The predicted molar refractivity (Wildman–Crippen MR) is 235 cm³/mol. The van der Waals surface area contributed by atoms with Crippen molar-refractivity contribution in [3.05, 3.63) is 173 Å². The Morgan fingerprint density at radius 2 is 1.41 bits per heavy atom. The van der Waals surface area contributed by atoms with Crippen LogP contribution in [0, 0.1) is 18.8 Å². The van der Waals surface area contributed by atoms with Crippen LogP contribution in [0.25, 0.3) is 72.4 Å². The molecule has 3 atom stereocenters. The maximum absolute atomic E-state index is 2.57. The monoisotopic (exact) mass is 722 g/mol. The molecule has 2 heterocycles. The van der Waals surface area contributed by atoms with E-state index >= 15 is 0 Å². The molecule has 12 rings (SSSR count). The van der Waals surface area contributed by atoms with E-state index in [1.807, 2.05) is 0 Å². The van der Waals surface area contributed by atoms with Gasteiger partial charge < -0.3 is 9.13 Å². The molecular formula is C54H46N2. The Hall–Kier alpha value is -5.86. The van der Waals surface area contributed by atoms with E-state index in [0.717, 1.165) is 18.8 Å². The Morgan fingerprint density at radius 1 is 0.625 bits per heavy atom. The molecule has 0 radical (unpaired) electrons. The van der Waals surface area contributed by atoms with Gasteiger partial charge >= 0.3 is 0 Å². The Kier molecular flexibility index (Phi) is 7.13. The zero-order valence-electron chi connectivity index (χ0n) is 32.3. The summed E-state index contributed by atoms with van der Waals surface area (Å²) in [7, 11) is 0. The van der Waals surface area contributed by atoms with Crippen LogP contribution in [-0.2, 0) is 12.8 Å². The van der Waals surface area contributed by atoms with E-state index in [1.54, 1.807) is 11.1 Å². The van der Waals surface area contributed by atoms with Gasteiger partial charge in [-0.05, 0) is 138 Å². The number of nitrogens with zero attached hydrogens (tertiary/aromatic N) is 2. The molecular weight excluding hydrogens is 677 g/mol. The van der Waals surface area contributed by atoms with E-state index in [4.69, 9.17) is 0 Å². The molecule has 56 heavy (non-hydrogen) atoms. The molecule has 1 saturated carbocycles. The van der Waals surface area contributed by atoms with Crippen LogP contribution >= 0.6 is 0 Å². The van der Waals surface area contributed by atoms with Crippen LogP contribution in [0.4, 0.5) is 0 Å². The number of aryl methyl sites for hydroxylation is 1. The van der Waals surface area contributed by atoms with Crippen LogP contribution in [0.1, 0.15) is 78.0 Å². The fourth-order valence-corrected chi connectivity index (χ4v) is 11.2. The van der Waals surface area contributed by atoms with Crippen LogP contribution in [0.15, 0.2) is 140 Å². The molecule has 0 aliphatic heterocycles. The van der Waals surface area contributed by atoms with E-state index in [2.05, 4.69) is 169 Å². The standard InChI is InChI=1S/C54H46N2/c1-33-13-10-19-40-41-20-12-21-42(49(41)32-48(33)40)45-22-11-18-39(35-25-26-35)52(45)38-28-27-37(31-34(38)2)56-51-24-9-7-17-44(51)47-30-29-46-43-16-6-8-23-50(43)55(53(46)54(47)56)36-14-4-3-5-15-36/h3-7,9-12,14-22,24,27-31,33,35,40,48H,8,13,23,25-26,32H2,1-2H3. The number of rotatable bonds is 5. The molecule has 4 aliphatic rings. The average Bonchev–Trinajstić information content (AvgIpc) is 3.81. The number of aromatic nitrogens is 2. The molecule has 0 N–H and O–H groups in total.